The molecule has 1 aromatic carbocycles. The molecule has 0 saturated heterocycles. The SMILES string of the molecule is N#Cc1c(NC(=O)C2CCCCC2)sc(-c2ccccc2)c1[N+](=O)[O-]. The molecule has 25 heavy (non-hydrogen) atoms. The second-order valence-electron chi connectivity index (χ2n) is 6.04. The van der Waals surface area contributed by atoms with E-state index in [0.29, 0.717) is 10.4 Å². The number of carbonyl (C=O) groups is 1. The van der Waals surface area contributed by atoms with Crippen LogP contribution < -0.4 is 5.32 Å². The average Bonchev–Trinajstić information content (AvgIpc) is 3.01. The van der Waals surface area contributed by atoms with E-state index in [0.717, 1.165) is 43.4 Å². The van der Waals surface area contributed by atoms with Gasteiger partial charge in [-0.1, -0.05) is 49.6 Å². The highest BCUT2D eigenvalue weighted by molar-refractivity contribution is 7.20. The predicted octanol–water partition coefficient (Wildman–Crippen LogP) is 4.71. The molecule has 1 saturated carbocycles. The lowest BCUT2D eigenvalue weighted by atomic mass is 9.89. The van der Waals surface area contributed by atoms with Gasteiger partial charge in [0.05, 0.1) is 4.92 Å². The van der Waals surface area contributed by atoms with Crippen LogP contribution in [-0.2, 0) is 4.79 Å². The number of carbonyl (C=O) groups excluding carboxylic acids is 1. The molecular weight excluding hydrogens is 338 g/mol. The predicted molar refractivity (Wildman–Crippen MR) is 96.3 cm³/mol. The van der Waals surface area contributed by atoms with E-state index < -0.39 is 4.92 Å². The average molecular weight is 355 g/mol. The van der Waals surface area contributed by atoms with Crippen molar-refractivity contribution in [3.05, 3.63) is 46.0 Å². The van der Waals surface area contributed by atoms with Gasteiger partial charge in [-0.15, -0.1) is 11.3 Å². The molecule has 0 spiro atoms. The lowest BCUT2D eigenvalue weighted by Crippen LogP contribution is -2.24. The third-order valence-corrected chi connectivity index (χ3v) is 5.57. The van der Waals surface area contributed by atoms with Crippen LogP contribution in [0.3, 0.4) is 0 Å². The number of hydrogen-bond acceptors (Lipinski definition) is 5. The first-order chi connectivity index (χ1) is 12.1. The minimum Gasteiger partial charge on any atom is -0.316 e. The Kier molecular flexibility index (Phi) is 5.10. The summed E-state index contributed by atoms with van der Waals surface area (Å²) in [6.07, 6.45) is 4.82. The van der Waals surface area contributed by atoms with Crippen molar-refractivity contribution in [2.75, 3.05) is 5.32 Å². The molecule has 1 amide bonds. The van der Waals surface area contributed by atoms with Crippen molar-refractivity contribution in [3.63, 3.8) is 0 Å². The maximum atomic E-state index is 12.5. The molecule has 3 rings (SSSR count). The van der Waals surface area contributed by atoms with Gasteiger partial charge in [0, 0.05) is 5.92 Å². The Balaban J connectivity index is 1.98. The monoisotopic (exact) mass is 355 g/mol. The number of benzene rings is 1. The van der Waals surface area contributed by atoms with E-state index in [1.54, 1.807) is 24.3 Å². The molecule has 0 radical (unpaired) electrons. The van der Waals surface area contributed by atoms with Crippen LogP contribution in [-0.4, -0.2) is 10.8 Å². The Morgan fingerprint density at radius 2 is 1.92 bits per heavy atom. The van der Waals surface area contributed by atoms with E-state index >= 15 is 0 Å². The van der Waals surface area contributed by atoms with Crippen LogP contribution in [0, 0.1) is 27.4 Å². The van der Waals surface area contributed by atoms with Crippen molar-refractivity contribution >= 4 is 27.9 Å². The normalized spacial score (nSPS) is 14.7. The summed E-state index contributed by atoms with van der Waals surface area (Å²) >= 11 is 1.09. The summed E-state index contributed by atoms with van der Waals surface area (Å²) in [5.41, 5.74) is 0.351. The first-order valence-electron chi connectivity index (χ1n) is 8.19. The van der Waals surface area contributed by atoms with E-state index in [9.17, 15) is 20.2 Å². The van der Waals surface area contributed by atoms with E-state index in [-0.39, 0.29) is 28.1 Å². The van der Waals surface area contributed by atoms with Gasteiger partial charge in [0.2, 0.25) is 5.91 Å². The number of anilines is 1. The third kappa shape index (κ3) is 3.54. The molecule has 1 fully saturated rings. The van der Waals surface area contributed by atoms with Gasteiger partial charge in [0.15, 0.2) is 5.56 Å². The lowest BCUT2D eigenvalue weighted by Gasteiger charge is -2.20. The lowest BCUT2D eigenvalue weighted by molar-refractivity contribution is -0.384. The van der Waals surface area contributed by atoms with Crippen LogP contribution in [0.15, 0.2) is 30.3 Å². The van der Waals surface area contributed by atoms with Crippen LogP contribution in [0.4, 0.5) is 10.7 Å². The van der Waals surface area contributed by atoms with Gasteiger partial charge in [-0.25, -0.2) is 0 Å². The number of nitro groups is 1. The summed E-state index contributed by atoms with van der Waals surface area (Å²) in [5, 5.41) is 24.0. The van der Waals surface area contributed by atoms with Crippen molar-refractivity contribution < 1.29 is 9.72 Å². The highest BCUT2D eigenvalue weighted by Crippen LogP contribution is 2.45. The first-order valence-corrected chi connectivity index (χ1v) is 9.01. The summed E-state index contributed by atoms with van der Waals surface area (Å²) < 4.78 is 0. The second kappa shape index (κ2) is 7.45. The quantitative estimate of drug-likeness (QED) is 0.634. The summed E-state index contributed by atoms with van der Waals surface area (Å²) in [4.78, 5) is 23.8. The Morgan fingerprint density at radius 1 is 1.24 bits per heavy atom. The van der Waals surface area contributed by atoms with E-state index in [2.05, 4.69) is 5.32 Å². The summed E-state index contributed by atoms with van der Waals surface area (Å²) in [6.45, 7) is 0. The number of rotatable bonds is 4. The maximum Gasteiger partial charge on any atom is 0.307 e. The van der Waals surface area contributed by atoms with Gasteiger partial charge in [-0.3, -0.25) is 14.9 Å². The Hall–Kier alpha value is -2.72. The molecule has 1 N–H and O–H groups in total. The molecule has 7 heteroatoms. The summed E-state index contributed by atoms with van der Waals surface area (Å²) in [6, 6.07) is 10.8. The molecular formula is C18H17N3O3S. The number of amides is 1. The molecule has 1 aliphatic rings. The van der Waals surface area contributed by atoms with Crippen LogP contribution in [0.2, 0.25) is 0 Å². The number of nitrogens with one attached hydrogen (secondary N) is 1. The van der Waals surface area contributed by atoms with Crippen molar-refractivity contribution in [2.24, 2.45) is 5.92 Å². The zero-order chi connectivity index (χ0) is 17.8. The largest absolute Gasteiger partial charge is 0.316 e. The molecule has 1 aromatic heterocycles. The van der Waals surface area contributed by atoms with Crippen LogP contribution in [0.25, 0.3) is 10.4 Å². The van der Waals surface area contributed by atoms with Crippen molar-refractivity contribution in [2.45, 2.75) is 32.1 Å². The maximum absolute atomic E-state index is 12.5. The summed E-state index contributed by atoms with van der Waals surface area (Å²) in [7, 11) is 0. The molecule has 6 nitrogen and oxygen atoms in total. The molecule has 1 aliphatic carbocycles. The smallest absolute Gasteiger partial charge is 0.307 e. The summed E-state index contributed by atoms with van der Waals surface area (Å²) in [5.74, 6) is -0.228. The van der Waals surface area contributed by atoms with E-state index in [4.69, 9.17) is 0 Å². The van der Waals surface area contributed by atoms with Crippen molar-refractivity contribution in [3.8, 4) is 16.5 Å². The van der Waals surface area contributed by atoms with Gasteiger partial charge >= 0.3 is 5.69 Å². The van der Waals surface area contributed by atoms with Gasteiger partial charge in [-0.2, -0.15) is 5.26 Å². The molecule has 0 unspecified atom stereocenters. The van der Waals surface area contributed by atoms with Gasteiger partial charge in [0.25, 0.3) is 0 Å². The van der Waals surface area contributed by atoms with E-state index in [1.807, 2.05) is 12.1 Å². The molecule has 0 atom stereocenters. The van der Waals surface area contributed by atoms with Crippen LogP contribution in [0.5, 0.6) is 0 Å². The Morgan fingerprint density at radius 3 is 2.52 bits per heavy atom. The third-order valence-electron chi connectivity index (χ3n) is 4.43. The van der Waals surface area contributed by atoms with E-state index in [1.165, 1.54) is 0 Å². The van der Waals surface area contributed by atoms with Crippen LogP contribution in [0.1, 0.15) is 37.7 Å². The topological polar surface area (TPSA) is 96.0 Å². The molecule has 2 aromatic rings. The number of thiophene rings is 1. The van der Waals surface area contributed by atoms with Gasteiger partial charge in [0.1, 0.15) is 15.9 Å². The molecule has 128 valence electrons. The van der Waals surface area contributed by atoms with Gasteiger partial charge in [-0.05, 0) is 18.4 Å². The van der Waals surface area contributed by atoms with Crippen molar-refractivity contribution in [1.82, 2.24) is 0 Å². The Bertz CT molecular complexity index is 833. The molecule has 0 aliphatic heterocycles. The fourth-order valence-corrected chi connectivity index (χ4v) is 4.28. The Labute approximate surface area is 149 Å². The standard InChI is InChI=1S/C18H17N3O3S/c19-11-14-15(21(23)24)16(12-7-3-1-4-8-12)25-18(14)20-17(22)13-9-5-2-6-10-13/h1,3-4,7-8,13H,2,5-6,9-10H2,(H,20,22). The zero-order valence-corrected chi connectivity index (χ0v) is 14.3. The minimum absolute atomic E-state index is 0.0713. The number of nitrogens with zero attached hydrogens (tertiary/aromatic N) is 2. The number of hydrogen-bond donors (Lipinski definition) is 1. The minimum atomic E-state index is -0.548. The fourth-order valence-electron chi connectivity index (χ4n) is 3.15. The zero-order valence-electron chi connectivity index (χ0n) is 13.5. The van der Waals surface area contributed by atoms with Gasteiger partial charge < -0.3 is 5.32 Å². The highest BCUT2D eigenvalue weighted by atomic mass is 32.1. The van der Waals surface area contributed by atoms with Crippen LogP contribution >= 0.6 is 11.3 Å². The molecule has 0 bridgehead atoms. The highest BCUT2D eigenvalue weighted by Gasteiger charge is 2.31. The molecule has 1 heterocycles. The first kappa shape index (κ1) is 17.1. The number of nitriles is 1. The fraction of sp³-hybridized carbons (Fsp3) is 0.333. The second-order valence-corrected chi connectivity index (χ2v) is 7.06. The van der Waals surface area contributed by atoms with Crippen molar-refractivity contribution in [1.29, 1.82) is 5.26 Å².